The van der Waals surface area contributed by atoms with Crippen LogP contribution in [-0.2, 0) is 0 Å². The van der Waals surface area contributed by atoms with Crippen molar-refractivity contribution in [3.63, 3.8) is 0 Å². The quantitative estimate of drug-likeness (QED) is 0.216. The highest BCUT2D eigenvalue weighted by Crippen LogP contribution is 2.48. The number of para-hydroxylation sites is 3. The van der Waals surface area contributed by atoms with Crippen LogP contribution in [0.3, 0.4) is 0 Å². The van der Waals surface area contributed by atoms with E-state index >= 15 is 0 Å². The predicted molar refractivity (Wildman–Crippen MR) is 139 cm³/mol. The maximum atomic E-state index is 6.61. The number of hydrogen-bond donors (Lipinski definition) is 0. The van der Waals surface area contributed by atoms with Crippen molar-refractivity contribution in [1.29, 1.82) is 0 Å². The fourth-order valence-electron chi connectivity index (χ4n) is 3.59. The number of rotatable bonds is 8. The highest BCUT2D eigenvalue weighted by Gasteiger charge is 2.24. The molecule has 0 bridgehead atoms. The molecule has 5 aromatic rings. The summed E-state index contributed by atoms with van der Waals surface area (Å²) in [6.07, 6.45) is 0. The van der Waals surface area contributed by atoms with Gasteiger partial charge >= 0.3 is 8.60 Å². The van der Waals surface area contributed by atoms with Crippen molar-refractivity contribution in [2.45, 2.75) is 0 Å². The van der Waals surface area contributed by atoms with Crippen molar-refractivity contribution < 1.29 is 13.6 Å². The topological polar surface area (TPSA) is 27.7 Å². The van der Waals surface area contributed by atoms with E-state index in [1.807, 2.05) is 97.1 Å². The Balaban J connectivity index is 1.59. The summed E-state index contributed by atoms with van der Waals surface area (Å²) in [5.41, 5.74) is 4.07. The summed E-state index contributed by atoms with van der Waals surface area (Å²) < 4.78 is 19.1. The van der Waals surface area contributed by atoms with Crippen molar-refractivity contribution in [3.05, 3.63) is 140 Å². The minimum absolute atomic E-state index is 0.683. The normalized spacial score (nSPS) is 10.6. The molecule has 0 spiro atoms. The third-order valence-electron chi connectivity index (χ3n) is 5.20. The van der Waals surface area contributed by atoms with Gasteiger partial charge in [-0.3, -0.25) is 0 Å². The first kappa shape index (κ1) is 21.8. The van der Waals surface area contributed by atoms with E-state index < -0.39 is 8.60 Å². The molecule has 0 aliphatic carbocycles. The Labute approximate surface area is 201 Å². The third-order valence-corrected chi connectivity index (χ3v) is 6.25. The molecule has 5 rings (SSSR count). The van der Waals surface area contributed by atoms with Gasteiger partial charge in [0.05, 0.1) is 0 Å². The van der Waals surface area contributed by atoms with Crippen molar-refractivity contribution in [2.75, 3.05) is 0 Å². The van der Waals surface area contributed by atoms with Gasteiger partial charge in [-0.1, -0.05) is 115 Å². The summed E-state index contributed by atoms with van der Waals surface area (Å²) in [4.78, 5) is 0. The summed E-state index contributed by atoms with van der Waals surface area (Å²) in [6, 6.07) is 45.8. The molecule has 34 heavy (non-hydrogen) atoms. The van der Waals surface area contributed by atoms with Crippen LogP contribution < -0.4 is 13.6 Å². The molecule has 0 aliphatic heterocycles. The van der Waals surface area contributed by atoms with Gasteiger partial charge in [0.2, 0.25) is 0 Å². The maximum absolute atomic E-state index is 6.61. The zero-order chi connectivity index (χ0) is 23.0. The Bertz CT molecular complexity index is 1210. The predicted octanol–water partition coefficient (Wildman–Crippen LogP) is 8.78. The number of benzene rings is 5. The summed E-state index contributed by atoms with van der Waals surface area (Å²) in [6.45, 7) is 0. The van der Waals surface area contributed by atoms with Crippen LogP contribution in [-0.4, -0.2) is 0 Å². The summed E-state index contributed by atoms with van der Waals surface area (Å²) in [5, 5.41) is 0. The first-order valence-corrected chi connectivity index (χ1v) is 12.1. The van der Waals surface area contributed by atoms with Crippen LogP contribution in [0.15, 0.2) is 140 Å². The maximum Gasteiger partial charge on any atom is 0.530 e. The van der Waals surface area contributed by atoms with E-state index in [-0.39, 0.29) is 0 Å². The zero-order valence-corrected chi connectivity index (χ0v) is 19.3. The average Bonchev–Trinajstić information content (AvgIpc) is 2.91. The Hall–Kier alpha value is -4.07. The van der Waals surface area contributed by atoms with Gasteiger partial charge in [0.15, 0.2) is 0 Å². The Morgan fingerprint density at radius 2 is 0.735 bits per heavy atom. The summed E-state index contributed by atoms with van der Waals surface area (Å²) in [7, 11) is -1.80. The van der Waals surface area contributed by atoms with Crippen molar-refractivity contribution >= 4 is 8.60 Å². The van der Waals surface area contributed by atoms with Gasteiger partial charge in [0.1, 0.15) is 17.2 Å². The second kappa shape index (κ2) is 10.7. The third kappa shape index (κ3) is 5.28. The molecule has 0 saturated heterocycles. The molecule has 3 nitrogen and oxygen atoms in total. The first-order chi connectivity index (χ1) is 16.9. The summed E-state index contributed by atoms with van der Waals surface area (Å²) in [5.74, 6) is 2.09. The SMILES string of the molecule is c1ccc(OP(Oc2ccccc2)Oc2c(-c3ccccc3)cccc2-c2ccccc2)cc1. The van der Waals surface area contributed by atoms with Crippen LogP contribution in [0.5, 0.6) is 17.2 Å². The molecule has 0 heterocycles. The Kier molecular flexibility index (Phi) is 6.85. The molecule has 0 amide bonds. The molecule has 0 unspecified atom stereocenters. The van der Waals surface area contributed by atoms with E-state index in [0.717, 1.165) is 28.0 Å². The molecule has 0 aliphatic rings. The van der Waals surface area contributed by atoms with Crippen LogP contribution in [0, 0.1) is 0 Å². The molecule has 0 atom stereocenters. The average molecular weight is 462 g/mol. The highest BCUT2D eigenvalue weighted by atomic mass is 31.2. The minimum atomic E-state index is -1.80. The molecule has 0 radical (unpaired) electrons. The van der Waals surface area contributed by atoms with E-state index in [1.165, 1.54) is 0 Å². The molecule has 0 N–H and O–H groups in total. The monoisotopic (exact) mass is 462 g/mol. The lowest BCUT2D eigenvalue weighted by Gasteiger charge is -2.22. The van der Waals surface area contributed by atoms with E-state index in [2.05, 4.69) is 42.5 Å². The molecule has 0 fully saturated rings. The summed E-state index contributed by atoms with van der Waals surface area (Å²) >= 11 is 0. The lowest BCUT2D eigenvalue weighted by Crippen LogP contribution is -2.04. The second-order valence-corrected chi connectivity index (χ2v) is 8.53. The first-order valence-electron chi connectivity index (χ1n) is 11.0. The van der Waals surface area contributed by atoms with Gasteiger partial charge in [-0.25, -0.2) is 0 Å². The van der Waals surface area contributed by atoms with Crippen LogP contribution in [0.2, 0.25) is 0 Å². The van der Waals surface area contributed by atoms with Gasteiger partial charge in [-0.2, -0.15) is 0 Å². The van der Waals surface area contributed by atoms with Crippen LogP contribution in [0.25, 0.3) is 22.3 Å². The lowest BCUT2D eigenvalue weighted by atomic mass is 9.97. The molecule has 5 aromatic carbocycles. The van der Waals surface area contributed by atoms with Gasteiger partial charge in [0.25, 0.3) is 0 Å². The Morgan fingerprint density at radius 3 is 1.15 bits per heavy atom. The highest BCUT2D eigenvalue weighted by molar-refractivity contribution is 7.43. The van der Waals surface area contributed by atoms with Gasteiger partial charge in [-0.15, -0.1) is 0 Å². The van der Waals surface area contributed by atoms with Crippen molar-refractivity contribution in [1.82, 2.24) is 0 Å². The Morgan fingerprint density at radius 1 is 0.353 bits per heavy atom. The van der Waals surface area contributed by atoms with Crippen LogP contribution in [0.4, 0.5) is 0 Å². The van der Waals surface area contributed by atoms with Crippen LogP contribution in [0.1, 0.15) is 0 Å². The molecule has 4 heteroatoms. The fourth-order valence-corrected chi connectivity index (χ4v) is 4.64. The van der Waals surface area contributed by atoms with Crippen LogP contribution >= 0.6 is 8.60 Å². The van der Waals surface area contributed by atoms with E-state index in [0.29, 0.717) is 11.5 Å². The van der Waals surface area contributed by atoms with E-state index in [4.69, 9.17) is 13.6 Å². The van der Waals surface area contributed by atoms with E-state index in [9.17, 15) is 0 Å². The van der Waals surface area contributed by atoms with Gasteiger partial charge < -0.3 is 13.6 Å². The van der Waals surface area contributed by atoms with Gasteiger partial charge in [0, 0.05) is 11.1 Å². The van der Waals surface area contributed by atoms with Crippen molar-refractivity contribution in [2.24, 2.45) is 0 Å². The molecule has 0 saturated carbocycles. The second-order valence-electron chi connectivity index (χ2n) is 7.54. The van der Waals surface area contributed by atoms with E-state index in [1.54, 1.807) is 0 Å². The standard InChI is InChI=1S/C30H23O3P/c1-5-14-24(15-6-1)28-22-13-23-29(25-16-7-2-8-17-25)30(28)33-34(31-26-18-9-3-10-19-26)32-27-20-11-4-12-21-27/h1-23H. The largest absolute Gasteiger partial charge is 0.530 e. The molecular formula is C30H23O3P. The minimum Gasteiger partial charge on any atom is -0.409 e. The number of hydrogen-bond acceptors (Lipinski definition) is 3. The van der Waals surface area contributed by atoms with Gasteiger partial charge in [-0.05, 0) is 35.4 Å². The molecular weight excluding hydrogens is 439 g/mol. The smallest absolute Gasteiger partial charge is 0.409 e. The molecule has 0 aromatic heterocycles. The zero-order valence-electron chi connectivity index (χ0n) is 18.5. The molecule has 166 valence electrons. The lowest BCUT2D eigenvalue weighted by molar-refractivity contribution is 0.389. The fraction of sp³-hybridized carbons (Fsp3) is 0. The van der Waals surface area contributed by atoms with Crippen molar-refractivity contribution in [3.8, 4) is 39.5 Å².